The van der Waals surface area contributed by atoms with Gasteiger partial charge in [-0.05, 0) is 30.3 Å². The smallest absolute Gasteiger partial charge is 0.0280 e. The van der Waals surface area contributed by atoms with Crippen molar-refractivity contribution in [3.05, 3.63) is 66.0 Å². The van der Waals surface area contributed by atoms with E-state index in [9.17, 15) is 0 Å². The van der Waals surface area contributed by atoms with E-state index in [1.54, 1.807) is 12.4 Å². The van der Waals surface area contributed by atoms with E-state index in [2.05, 4.69) is 22.9 Å². The minimum Gasteiger partial charge on any atom is -0.265 e. The summed E-state index contributed by atoms with van der Waals surface area (Å²) in [6.45, 7) is 0. The van der Waals surface area contributed by atoms with Gasteiger partial charge in [-0.1, -0.05) is 24.0 Å². The highest BCUT2D eigenvalue weighted by atomic mass is 14.6. The molecule has 2 aromatic rings. The van der Waals surface area contributed by atoms with Crippen LogP contribution in [0.4, 0.5) is 0 Å². The molecule has 1 radical (unpaired) electrons. The minimum atomic E-state index is 0.979. The second kappa shape index (κ2) is 4.25. The number of pyridine rings is 1. The lowest BCUT2D eigenvalue weighted by Gasteiger charge is -1.87. The van der Waals surface area contributed by atoms with Gasteiger partial charge in [0.25, 0.3) is 0 Å². The number of rotatable bonds is 0. The third-order valence-corrected chi connectivity index (χ3v) is 1.75. The van der Waals surface area contributed by atoms with E-state index < -0.39 is 0 Å². The van der Waals surface area contributed by atoms with E-state index in [4.69, 9.17) is 0 Å². The molecular formula is C13H8N. The van der Waals surface area contributed by atoms with Gasteiger partial charge < -0.3 is 0 Å². The van der Waals surface area contributed by atoms with E-state index in [-0.39, 0.29) is 0 Å². The Balaban J connectivity index is 2.24. The molecule has 0 spiro atoms. The van der Waals surface area contributed by atoms with Crippen molar-refractivity contribution < 1.29 is 0 Å². The third kappa shape index (κ3) is 2.21. The van der Waals surface area contributed by atoms with Crippen LogP contribution in [0.5, 0.6) is 0 Å². The maximum atomic E-state index is 3.93. The quantitative estimate of drug-likeness (QED) is 0.564. The lowest BCUT2D eigenvalue weighted by Crippen LogP contribution is -1.75. The molecule has 0 unspecified atom stereocenters. The van der Waals surface area contributed by atoms with Crippen molar-refractivity contribution in [2.24, 2.45) is 0 Å². The van der Waals surface area contributed by atoms with Gasteiger partial charge in [0.1, 0.15) is 0 Å². The normalized spacial score (nSPS) is 8.86. The Morgan fingerprint density at radius 3 is 2.07 bits per heavy atom. The second-order valence-corrected chi connectivity index (χ2v) is 2.77. The van der Waals surface area contributed by atoms with Crippen molar-refractivity contribution in [1.29, 1.82) is 0 Å². The van der Waals surface area contributed by atoms with Gasteiger partial charge in [-0.3, -0.25) is 4.98 Å². The van der Waals surface area contributed by atoms with Crippen LogP contribution < -0.4 is 0 Å². The molecule has 0 aliphatic rings. The van der Waals surface area contributed by atoms with Gasteiger partial charge in [-0.25, -0.2) is 0 Å². The van der Waals surface area contributed by atoms with Crippen LogP contribution in [0.25, 0.3) is 0 Å². The molecule has 1 aromatic heterocycles. The summed E-state index contributed by atoms with van der Waals surface area (Å²) in [5.74, 6) is 6.12. The fourth-order valence-electron chi connectivity index (χ4n) is 1.05. The van der Waals surface area contributed by atoms with Crippen molar-refractivity contribution in [3.8, 4) is 11.8 Å². The number of hydrogen-bond acceptors (Lipinski definition) is 1. The average Bonchev–Trinajstić information content (AvgIpc) is 2.29. The summed E-state index contributed by atoms with van der Waals surface area (Å²) in [5.41, 5.74) is 1.98. The van der Waals surface area contributed by atoms with Crippen molar-refractivity contribution in [2.45, 2.75) is 0 Å². The molecule has 0 aliphatic carbocycles. The van der Waals surface area contributed by atoms with E-state index in [1.165, 1.54) is 0 Å². The molecule has 0 fully saturated rings. The van der Waals surface area contributed by atoms with Crippen LogP contribution in [0.3, 0.4) is 0 Å². The summed E-state index contributed by atoms with van der Waals surface area (Å²) in [6, 6.07) is 14.3. The highest BCUT2D eigenvalue weighted by Gasteiger charge is 1.84. The van der Waals surface area contributed by atoms with E-state index in [0.29, 0.717) is 0 Å². The molecule has 0 amide bonds. The molecule has 1 heterocycles. The van der Waals surface area contributed by atoms with Gasteiger partial charge >= 0.3 is 0 Å². The molecule has 1 aromatic carbocycles. The number of hydrogen-bond donors (Lipinski definition) is 0. The zero-order valence-electron chi connectivity index (χ0n) is 7.57. The number of benzene rings is 1. The molecule has 2 rings (SSSR count). The lowest BCUT2D eigenvalue weighted by molar-refractivity contribution is 1.32. The van der Waals surface area contributed by atoms with Crippen LogP contribution in [-0.2, 0) is 0 Å². The first kappa shape index (κ1) is 8.52. The zero-order chi connectivity index (χ0) is 9.64. The fourth-order valence-corrected chi connectivity index (χ4v) is 1.05. The van der Waals surface area contributed by atoms with Crippen molar-refractivity contribution in [3.63, 3.8) is 0 Å². The first-order valence-corrected chi connectivity index (χ1v) is 4.33. The van der Waals surface area contributed by atoms with Crippen molar-refractivity contribution in [2.75, 3.05) is 0 Å². The Bertz CT molecular complexity index is 405. The van der Waals surface area contributed by atoms with Crippen LogP contribution >= 0.6 is 0 Å². The van der Waals surface area contributed by atoms with E-state index in [0.717, 1.165) is 11.1 Å². The first-order chi connectivity index (χ1) is 6.95. The Hall–Kier alpha value is -2.07. The van der Waals surface area contributed by atoms with Crippen molar-refractivity contribution in [1.82, 2.24) is 4.98 Å². The SMILES string of the molecule is C(#Cc1ccncc1)c1cc[c]cc1. The van der Waals surface area contributed by atoms with Gasteiger partial charge in [0, 0.05) is 23.5 Å². The highest BCUT2D eigenvalue weighted by molar-refractivity contribution is 5.41. The summed E-state index contributed by atoms with van der Waals surface area (Å²) >= 11 is 0. The fraction of sp³-hybridized carbons (Fsp3) is 0. The average molecular weight is 178 g/mol. The monoisotopic (exact) mass is 178 g/mol. The molecule has 1 heteroatoms. The maximum absolute atomic E-state index is 3.93. The molecule has 0 saturated heterocycles. The standard InChI is InChI=1S/C13H8N/c1-2-4-12(5-3-1)6-7-13-8-10-14-11-9-13/h2-5,8-11H. The van der Waals surface area contributed by atoms with Gasteiger partial charge in [0.2, 0.25) is 0 Å². The van der Waals surface area contributed by atoms with Crippen LogP contribution in [0.2, 0.25) is 0 Å². The van der Waals surface area contributed by atoms with Crippen LogP contribution in [0.15, 0.2) is 48.8 Å². The summed E-state index contributed by atoms with van der Waals surface area (Å²) in [5, 5.41) is 0. The molecule has 0 saturated carbocycles. The predicted molar refractivity (Wildman–Crippen MR) is 55.5 cm³/mol. The highest BCUT2D eigenvalue weighted by Crippen LogP contribution is 1.97. The molecule has 14 heavy (non-hydrogen) atoms. The van der Waals surface area contributed by atoms with Crippen LogP contribution in [0.1, 0.15) is 11.1 Å². The number of nitrogens with zero attached hydrogens (tertiary/aromatic N) is 1. The Kier molecular flexibility index (Phi) is 2.59. The molecule has 0 atom stereocenters. The van der Waals surface area contributed by atoms with Gasteiger partial charge in [-0.15, -0.1) is 0 Å². The van der Waals surface area contributed by atoms with Crippen LogP contribution in [-0.4, -0.2) is 4.98 Å². The van der Waals surface area contributed by atoms with E-state index in [1.807, 2.05) is 36.4 Å². The Morgan fingerprint density at radius 2 is 1.43 bits per heavy atom. The van der Waals surface area contributed by atoms with Gasteiger partial charge in [0.15, 0.2) is 0 Å². The Labute approximate surface area is 83.4 Å². The summed E-state index contributed by atoms with van der Waals surface area (Å²) < 4.78 is 0. The predicted octanol–water partition coefficient (Wildman–Crippen LogP) is 2.28. The first-order valence-electron chi connectivity index (χ1n) is 4.33. The topological polar surface area (TPSA) is 12.9 Å². The molecule has 0 bridgehead atoms. The zero-order valence-corrected chi connectivity index (χ0v) is 7.57. The lowest BCUT2D eigenvalue weighted by atomic mass is 10.2. The van der Waals surface area contributed by atoms with Gasteiger partial charge in [0.05, 0.1) is 0 Å². The minimum absolute atomic E-state index is 0.979. The van der Waals surface area contributed by atoms with E-state index >= 15 is 0 Å². The summed E-state index contributed by atoms with van der Waals surface area (Å²) in [6.07, 6.45) is 3.48. The number of aromatic nitrogens is 1. The Morgan fingerprint density at radius 1 is 0.857 bits per heavy atom. The third-order valence-electron chi connectivity index (χ3n) is 1.75. The summed E-state index contributed by atoms with van der Waals surface area (Å²) in [7, 11) is 0. The maximum Gasteiger partial charge on any atom is 0.0280 e. The van der Waals surface area contributed by atoms with Gasteiger partial charge in [-0.2, -0.15) is 0 Å². The molecular weight excluding hydrogens is 170 g/mol. The van der Waals surface area contributed by atoms with Crippen LogP contribution in [0, 0.1) is 17.9 Å². The molecule has 1 nitrogen and oxygen atoms in total. The summed E-state index contributed by atoms with van der Waals surface area (Å²) in [4.78, 5) is 3.93. The molecule has 0 aliphatic heterocycles. The molecule has 65 valence electrons. The molecule has 0 N–H and O–H groups in total. The van der Waals surface area contributed by atoms with Crippen molar-refractivity contribution >= 4 is 0 Å². The largest absolute Gasteiger partial charge is 0.265 e. The second-order valence-electron chi connectivity index (χ2n) is 2.77.